The van der Waals surface area contributed by atoms with Crippen LogP contribution in [0, 0.1) is 19.3 Å². The van der Waals surface area contributed by atoms with Crippen LogP contribution in [-0.2, 0) is 29.0 Å². The third-order valence-electron chi connectivity index (χ3n) is 4.70. The van der Waals surface area contributed by atoms with Gasteiger partial charge < -0.3 is 10.7 Å². The zero-order chi connectivity index (χ0) is 26.8. The highest BCUT2D eigenvalue weighted by Crippen LogP contribution is 2.20. The minimum atomic E-state index is -0.216. The molecule has 0 aliphatic heterocycles. The normalized spacial score (nSPS) is 11.4. The van der Waals surface area contributed by atoms with E-state index in [1.807, 2.05) is 19.9 Å². The van der Waals surface area contributed by atoms with Crippen molar-refractivity contribution in [2.45, 2.75) is 47.1 Å². The van der Waals surface area contributed by atoms with Gasteiger partial charge in [-0.2, -0.15) is 16.9 Å². The van der Waals surface area contributed by atoms with Crippen molar-refractivity contribution in [1.29, 1.82) is 5.41 Å². The predicted molar refractivity (Wildman–Crippen MR) is 149 cm³/mol. The van der Waals surface area contributed by atoms with Crippen LogP contribution in [0.1, 0.15) is 35.3 Å². The summed E-state index contributed by atoms with van der Waals surface area (Å²) in [6, 6.07) is 1.93. The number of thioether (sulfide) groups is 1. The summed E-state index contributed by atoms with van der Waals surface area (Å²) < 4.78 is 1.66. The average molecular weight is 563 g/mol. The SMILES string of the molecule is CC(=N)/C=C(/C)NCC(=O)Nc1nnc(CCSCCc2nnc(NC(=O)Cn3nc(C)cc3C)s2)s1. The predicted octanol–water partition coefficient (Wildman–Crippen LogP) is 2.83. The van der Waals surface area contributed by atoms with Crippen LogP contribution in [0.4, 0.5) is 10.3 Å². The number of carbonyl (C=O) groups is 2. The molecule has 0 saturated heterocycles. The summed E-state index contributed by atoms with van der Waals surface area (Å²) in [6.45, 7) is 7.52. The summed E-state index contributed by atoms with van der Waals surface area (Å²) in [4.78, 5) is 24.3. The molecule has 4 N–H and O–H groups in total. The Morgan fingerprint density at radius 3 is 2.14 bits per heavy atom. The molecule has 0 saturated carbocycles. The molecule has 0 radical (unpaired) electrons. The average Bonchev–Trinajstić information content (AvgIpc) is 3.53. The number of nitrogens with one attached hydrogen (secondary N) is 4. The van der Waals surface area contributed by atoms with E-state index in [1.165, 1.54) is 22.7 Å². The van der Waals surface area contributed by atoms with Gasteiger partial charge in [0.25, 0.3) is 0 Å². The Kier molecular flexibility index (Phi) is 10.7. The van der Waals surface area contributed by atoms with E-state index in [1.54, 1.807) is 36.4 Å². The number of allylic oxidation sites excluding steroid dienone is 2. The molecule has 0 atom stereocenters. The monoisotopic (exact) mass is 562 g/mol. The zero-order valence-electron chi connectivity index (χ0n) is 21.1. The second-order valence-electron chi connectivity index (χ2n) is 8.16. The van der Waals surface area contributed by atoms with Gasteiger partial charge in [0.05, 0.1) is 12.2 Å². The molecule has 0 aliphatic rings. The van der Waals surface area contributed by atoms with Crippen molar-refractivity contribution in [2.24, 2.45) is 0 Å². The molecule has 3 heterocycles. The number of amides is 2. The van der Waals surface area contributed by atoms with Gasteiger partial charge in [-0.3, -0.25) is 24.9 Å². The van der Waals surface area contributed by atoms with Crippen molar-refractivity contribution in [2.75, 3.05) is 28.7 Å². The zero-order valence-corrected chi connectivity index (χ0v) is 23.6. The lowest BCUT2D eigenvalue weighted by Crippen LogP contribution is -2.27. The molecule has 3 rings (SSSR count). The number of anilines is 2. The summed E-state index contributed by atoms with van der Waals surface area (Å²) >= 11 is 4.51. The number of hydrogen-bond acceptors (Lipinski definition) is 12. The second kappa shape index (κ2) is 13.9. The molecule has 37 heavy (non-hydrogen) atoms. The van der Waals surface area contributed by atoms with Crippen LogP contribution in [0.3, 0.4) is 0 Å². The fraction of sp³-hybridized carbons (Fsp3) is 0.455. The van der Waals surface area contributed by atoms with Gasteiger partial charge in [-0.15, -0.1) is 20.4 Å². The van der Waals surface area contributed by atoms with E-state index in [9.17, 15) is 9.59 Å². The number of nitrogens with zero attached hydrogens (tertiary/aromatic N) is 6. The lowest BCUT2D eigenvalue weighted by atomic mass is 10.3. The third-order valence-corrected chi connectivity index (χ3v) is 7.49. The molecule has 0 unspecified atom stereocenters. The quantitative estimate of drug-likeness (QED) is 0.171. The highest BCUT2D eigenvalue weighted by atomic mass is 32.2. The molecule has 12 nitrogen and oxygen atoms in total. The molecular weight excluding hydrogens is 533 g/mol. The number of carbonyl (C=O) groups excluding carboxylic acids is 2. The van der Waals surface area contributed by atoms with Crippen LogP contribution in [0.15, 0.2) is 17.8 Å². The van der Waals surface area contributed by atoms with E-state index in [4.69, 9.17) is 5.41 Å². The van der Waals surface area contributed by atoms with Crippen molar-refractivity contribution >= 4 is 62.2 Å². The van der Waals surface area contributed by atoms with Crippen LogP contribution in [0.25, 0.3) is 0 Å². The summed E-state index contributed by atoms with van der Waals surface area (Å²) in [5, 5.41) is 39.3. The first kappa shape index (κ1) is 28.4. The maximum Gasteiger partial charge on any atom is 0.247 e. The maximum atomic E-state index is 12.3. The summed E-state index contributed by atoms with van der Waals surface area (Å²) in [7, 11) is 0. The fourth-order valence-corrected chi connectivity index (χ4v) is 5.77. The van der Waals surface area contributed by atoms with E-state index in [-0.39, 0.29) is 24.9 Å². The van der Waals surface area contributed by atoms with Crippen molar-refractivity contribution < 1.29 is 9.59 Å². The van der Waals surface area contributed by atoms with Crippen molar-refractivity contribution in [3.8, 4) is 0 Å². The Labute approximate surface area is 227 Å². The minimum Gasteiger partial charge on any atom is -0.380 e. The van der Waals surface area contributed by atoms with Crippen LogP contribution < -0.4 is 16.0 Å². The molecule has 0 spiro atoms. The van der Waals surface area contributed by atoms with E-state index in [0.29, 0.717) is 16.0 Å². The molecule has 2 amide bonds. The smallest absolute Gasteiger partial charge is 0.247 e. The van der Waals surface area contributed by atoms with Gasteiger partial charge in [-0.25, -0.2) is 0 Å². The molecule has 3 aromatic heterocycles. The van der Waals surface area contributed by atoms with Crippen LogP contribution in [0.2, 0.25) is 0 Å². The Balaban J connectivity index is 1.31. The number of aromatic nitrogens is 6. The lowest BCUT2D eigenvalue weighted by molar-refractivity contribution is -0.117. The van der Waals surface area contributed by atoms with Gasteiger partial charge in [0, 0.05) is 29.9 Å². The van der Waals surface area contributed by atoms with Crippen LogP contribution >= 0.6 is 34.4 Å². The molecule has 0 aromatic carbocycles. The van der Waals surface area contributed by atoms with Crippen molar-refractivity contribution in [3.63, 3.8) is 0 Å². The van der Waals surface area contributed by atoms with Gasteiger partial charge in [-0.1, -0.05) is 22.7 Å². The molecule has 0 fully saturated rings. The standard InChI is InChI=1S/C22H30N10O2S3/c1-13(23)9-14(2)24-11-17(33)25-21-29-27-19(36-21)5-7-35-8-6-20-28-30-22(37-20)26-18(34)12-32-16(4)10-15(3)31-32/h9-10,23-24H,5-8,11-12H2,1-4H3,(H,25,29,33)(H,26,30,34)/b14-9-,23-13?. The van der Waals surface area contributed by atoms with Crippen LogP contribution in [-0.4, -0.2) is 65.8 Å². The van der Waals surface area contributed by atoms with Gasteiger partial charge in [-0.05, 0) is 51.3 Å². The summed E-state index contributed by atoms with van der Waals surface area (Å²) in [6.07, 6.45) is 3.16. The Morgan fingerprint density at radius 2 is 1.59 bits per heavy atom. The summed E-state index contributed by atoms with van der Waals surface area (Å²) in [5.74, 6) is 1.33. The van der Waals surface area contributed by atoms with Crippen molar-refractivity contribution in [3.05, 3.63) is 39.2 Å². The molecule has 3 aromatic rings. The number of aryl methyl sites for hydroxylation is 4. The van der Waals surface area contributed by atoms with Gasteiger partial charge in [0.15, 0.2) is 0 Å². The van der Waals surface area contributed by atoms with Gasteiger partial charge in [0.1, 0.15) is 16.6 Å². The molecule has 198 valence electrons. The second-order valence-corrected chi connectivity index (χ2v) is 11.5. The third kappa shape index (κ3) is 10.0. The molecular formula is C22H30N10O2S3. The first-order valence-electron chi connectivity index (χ1n) is 11.5. The van der Waals surface area contributed by atoms with Crippen molar-refractivity contribution in [1.82, 2.24) is 35.5 Å². The molecule has 15 heteroatoms. The Bertz CT molecular complexity index is 1260. The largest absolute Gasteiger partial charge is 0.380 e. The lowest BCUT2D eigenvalue weighted by Gasteiger charge is -2.05. The van der Waals surface area contributed by atoms with Gasteiger partial charge in [0.2, 0.25) is 22.1 Å². The Hall–Kier alpha value is -3.17. The number of hydrogen-bond donors (Lipinski definition) is 4. The topological polar surface area (TPSA) is 163 Å². The van der Waals surface area contributed by atoms with Gasteiger partial charge >= 0.3 is 0 Å². The number of rotatable bonds is 14. The fourth-order valence-electron chi connectivity index (χ4n) is 3.12. The van der Waals surface area contributed by atoms with E-state index < -0.39 is 0 Å². The van der Waals surface area contributed by atoms with E-state index in [2.05, 4.69) is 41.4 Å². The highest BCUT2D eigenvalue weighted by molar-refractivity contribution is 7.99. The molecule has 0 bridgehead atoms. The van der Waals surface area contributed by atoms with E-state index >= 15 is 0 Å². The first-order valence-corrected chi connectivity index (χ1v) is 14.3. The highest BCUT2D eigenvalue weighted by Gasteiger charge is 2.12. The minimum absolute atomic E-state index is 0.0983. The maximum absolute atomic E-state index is 12.3. The molecule has 0 aliphatic carbocycles. The first-order chi connectivity index (χ1) is 17.7. The summed E-state index contributed by atoms with van der Waals surface area (Å²) in [5.41, 5.74) is 2.98. The Morgan fingerprint density at radius 1 is 1.00 bits per heavy atom. The van der Waals surface area contributed by atoms with Crippen LogP contribution in [0.5, 0.6) is 0 Å². The van der Waals surface area contributed by atoms with E-state index in [0.717, 1.165) is 51.4 Å².